The molecule has 0 amide bonds. The molecule has 0 unspecified atom stereocenters. The van der Waals surface area contributed by atoms with Crippen LogP contribution in [0.4, 0.5) is 0 Å². The maximum absolute atomic E-state index is 11.6. The summed E-state index contributed by atoms with van der Waals surface area (Å²) in [6, 6.07) is 8.53. The van der Waals surface area contributed by atoms with Gasteiger partial charge in [0.25, 0.3) is 5.95 Å². The molecule has 0 spiro atoms. The van der Waals surface area contributed by atoms with Gasteiger partial charge in [-0.05, 0) is 18.6 Å². The summed E-state index contributed by atoms with van der Waals surface area (Å²) in [6.07, 6.45) is 0.885. The largest absolute Gasteiger partial charge is 0.465 e. The van der Waals surface area contributed by atoms with Crippen LogP contribution < -0.4 is 10.2 Å². The van der Waals surface area contributed by atoms with Gasteiger partial charge in [-0.2, -0.15) is 0 Å². The molecule has 0 radical (unpaired) electrons. The van der Waals surface area contributed by atoms with Crippen molar-refractivity contribution in [3.63, 3.8) is 0 Å². The molecule has 0 aliphatic carbocycles. The summed E-state index contributed by atoms with van der Waals surface area (Å²) in [5, 5.41) is 0.585. The summed E-state index contributed by atoms with van der Waals surface area (Å²) in [5.74, 6) is 0.292. The maximum Gasteiger partial charge on any atom is 0.288 e. The van der Waals surface area contributed by atoms with Gasteiger partial charge < -0.3 is 9.15 Å². The van der Waals surface area contributed by atoms with Crippen molar-refractivity contribution in [1.82, 2.24) is 0 Å². The van der Waals surface area contributed by atoms with Crippen LogP contribution >= 0.6 is 0 Å². The fourth-order valence-electron chi connectivity index (χ4n) is 1.36. The highest BCUT2D eigenvalue weighted by Gasteiger charge is 2.03. The Kier molecular flexibility index (Phi) is 2.72. The van der Waals surface area contributed by atoms with Gasteiger partial charge in [-0.1, -0.05) is 19.1 Å². The molecule has 0 atom stereocenters. The topological polar surface area (TPSA) is 39.4 Å². The molecule has 0 fully saturated rings. The van der Waals surface area contributed by atoms with Gasteiger partial charge in [-0.15, -0.1) is 0 Å². The third-order valence-electron chi connectivity index (χ3n) is 2.06. The lowest BCUT2D eigenvalue weighted by atomic mass is 10.2. The van der Waals surface area contributed by atoms with Crippen LogP contribution in [-0.2, 0) is 0 Å². The predicted molar refractivity (Wildman–Crippen MR) is 58.3 cm³/mol. The van der Waals surface area contributed by atoms with E-state index in [9.17, 15) is 4.79 Å². The van der Waals surface area contributed by atoms with Crippen molar-refractivity contribution in [2.24, 2.45) is 0 Å². The first-order chi connectivity index (χ1) is 7.31. The van der Waals surface area contributed by atoms with E-state index in [1.165, 1.54) is 6.07 Å². The highest BCUT2D eigenvalue weighted by molar-refractivity contribution is 5.76. The van der Waals surface area contributed by atoms with Crippen LogP contribution in [0.2, 0.25) is 0 Å². The number of hydrogen-bond acceptors (Lipinski definition) is 3. The average Bonchev–Trinajstić information content (AvgIpc) is 2.26. The highest BCUT2D eigenvalue weighted by Crippen LogP contribution is 2.16. The highest BCUT2D eigenvalue weighted by atomic mass is 16.6. The van der Waals surface area contributed by atoms with E-state index >= 15 is 0 Å². The number of ether oxygens (including phenoxy) is 1. The van der Waals surface area contributed by atoms with Crippen LogP contribution in [-0.4, -0.2) is 6.61 Å². The Hall–Kier alpha value is -1.77. The second-order valence-corrected chi connectivity index (χ2v) is 3.27. The number of fused-ring (bicyclic) bond motifs is 1. The number of para-hydroxylation sites is 1. The Morgan fingerprint density at radius 1 is 1.33 bits per heavy atom. The standard InChI is InChI=1S/C12H12O3/c1-2-7-14-12-8-10(13)9-5-3-4-6-11(9)15-12/h3-6,8H,2,7H2,1H3. The molecule has 3 nitrogen and oxygen atoms in total. The Labute approximate surface area is 87.3 Å². The molecule has 0 saturated carbocycles. The lowest BCUT2D eigenvalue weighted by molar-refractivity contribution is 0.246. The molecule has 2 aromatic rings. The number of rotatable bonds is 3. The van der Waals surface area contributed by atoms with Crippen LogP contribution in [0.25, 0.3) is 11.0 Å². The zero-order chi connectivity index (χ0) is 10.7. The van der Waals surface area contributed by atoms with Crippen molar-refractivity contribution >= 4 is 11.0 Å². The quantitative estimate of drug-likeness (QED) is 0.771. The van der Waals surface area contributed by atoms with Crippen molar-refractivity contribution in [2.45, 2.75) is 13.3 Å². The van der Waals surface area contributed by atoms with E-state index < -0.39 is 0 Å². The summed E-state index contributed by atoms with van der Waals surface area (Å²) < 4.78 is 10.7. The minimum Gasteiger partial charge on any atom is -0.465 e. The van der Waals surface area contributed by atoms with Gasteiger partial charge in [0.05, 0.1) is 18.1 Å². The molecule has 3 heteroatoms. The van der Waals surface area contributed by atoms with Crippen molar-refractivity contribution < 1.29 is 9.15 Å². The predicted octanol–water partition coefficient (Wildman–Crippen LogP) is 2.58. The minimum atomic E-state index is -0.0667. The van der Waals surface area contributed by atoms with Gasteiger partial charge >= 0.3 is 0 Å². The second kappa shape index (κ2) is 4.17. The Morgan fingerprint density at radius 2 is 2.13 bits per heavy atom. The Balaban J connectivity index is 2.48. The lowest BCUT2D eigenvalue weighted by Crippen LogP contribution is -2.03. The van der Waals surface area contributed by atoms with E-state index in [1.807, 2.05) is 19.1 Å². The number of hydrogen-bond donors (Lipinski definition) is 0. The Bertz CT molecular complexity index is 514. The molecule has 1 heterocycles. The van der Waals surface area contributed by atoms with Gasteiger partial charge in [-0.3, -0.25) is 4.79 Å². The second-order valence-electron chi connectivity index (χ2n) is 3.27. The molecule has 2 rings (SSSR count). The average molecular weight is 204 g/mol. The van der Waals surface area contributed by atoms with E-state index in [2.05, 4.69) is 0 Å². The fourth-order valence-corrected chi connectivity index (χ4v) is 1.36. The molecule has 0 aliphatic rings. The van der Waals surface area contributed by atoms with Crippen molar-refractivity contribution in [3.8, 4) is 5.95 Å². The minimum absolute atomic E-state index is 0.0667. The van der Waals surface area contributed by atoms with Gasteiger partial charge in [0.2, 0.25) is 0 Å². The fraction of sp³-hybridized carbons (Fsp3) is 0.250. The van der Waals surface area contributed by atoms with Crippen molar-refractivity contribution in [3.05, 3.63) is 40.6 Å². The number of benzene rings is 1. The van der Waals surface area contributed by atoms with Gasteiger partial charge in [0.15, 0.2) is 5.43 Å². The molecule has 0 bridgehead atoms. The zero-order valence-electron chi connectivity index (χ0n) is 8.53. The first-order valence-electron chi connectivity index (χ1n) is 4.97. The molecular weight excluding hydrogens is 192 g/mol. The molecule has 0 N–H and O–H groups in total. The van der Waals surface area contributed by atoms with Crippen LogP contribution in [0.5, 0.6) is 5.95 Å². The van der Waals surface area contributed by atoms with E-state index in [1.54, 1.807) is 12.1 Å². The first kappa shape index (κ1) is 9.77. The van der Waals surface area contributed by atoms with Gasteiger partial charge in [0, 0.05) is 0 Å². The molecule has 78 valence electrons. The van der Waals surface area contributed by atoms with E-state index in [0.717, 1.165) is 6.42 Å². The molecular formula is C12H12O3. The summed E-state index contributed by atoms with van der Waals surface area (Å²) >= 11 is 0. The van der Waals surface area contributed by atoms with E-state index in [-0.39, 0.29) is 5.43 Å². The third kappa shape index (κ3) is 2.01. The van der Waals surface area contributed by atoms with Crippen LogP contribution in [0.1, 0.15) is 13.3 Å². The molecule has 0 saturated heterocycles. The van der Waals surface area contributed by atoms with Gasteiger partial charge in [0.1, 0.15) is 5.58 Å². The summed E-state index contributed by atoms with van der Waals surface area (Å²) in [5.41, 5.74) is 0.499. The zero-order valence-corrected chi connectivity index (χ0v) is 8.53. The molecule has 0 aliphatic heterocycles. The van der Waals surface area contributed by atoms with E-state index in [4.69, 9.17) is 9.15 Å². The van der Waals surface area contributed by atoms with Crippen LogP contribution in [0.3, 0.4) is 0 Å². The van der Waals surface area contributed by atoms with E-state index in [0.29, 0.717) is 23.5 Å². The summed E-state index contributed by atoms with van der Waals surface area (Å²) in [7, 11) is 0. The monoisotopic (exact) mass is 204 g/mol. The van der Waals surface area contributed by atoms with Crippen molar-refractivity contribution in [2.75, 3.05) is 6.61 Å². The van der Waals surface area contributed by atoms with Crippen LogP contribution in [0.15, 0.2) is 39.5 Å². The molecule has 15 heavy (non-hydrogen) atoms. The smallest absolute Gasteiger partial charge is 0.288 e. The SMILES string of the molecule is CCCOc1cc(=O)c2ccccc2o1. The maximum atomic E-state index is 11.6. The van der Waals surface area contributed by atoms with Crippen molar-refractivity contribution in [1.29, 1.82) is 0 Å². The third-order valence-corrected chi connectivity index (χ3v) is 2.06. The molecule has 1 aromatic heterocycles. The first-order valence-corrected chi connectivity index (χ1v) is 4.97. The van der Waals surface area contributed by atoms with Crippen LogP contribution in [0, 0.1) is 0 Å². The Morgan fingerprint density at radius 3 is 2.93 bits per heavy atom. The summed E-state index contributed by atoms with van der Waals surface area (Å²) in [4.78, 5) is 11.6. The lowest BCUT2D eigenvalue weighted by Gasteiger charge is -2.03. The summed E-state index contributed by atoms with van der Waals surface area (Å²) in [6.45, 7) is 2.56. The van der Waals surface area contributed by atoms with Gasteiger partial charge in [-0.25, -0.2) is 0 Å². The normalized spacial score (nSPS) is 10.5. The molecule has 1 aromatic carbocycles.